The SMILES string of the molecule is O=C(c1ccc(Br)o1)N1CCN(C(=O)C(c2ccccc2)c2ccccc2)CC1. The lowest BCUT2D eigenvalue weighted by atomic mass is 9.90. The highest BCUT2D eigenvalue weighted by atomic mass is 79.9. The van der Waals surface area contributed by atoms with Crippen LogP contribution in [0.5, 0.6) is 0 Å². The molecule has 2 aromatic carbocycles. The lowest BCUT2D eigenvalue weighted by Crippen LogP contribution is -2.51. The van der Waals surface area contributed by atoms with E-state index in [0.29, 0.717) is 36.6 Å². The van der Waals surface area contributed by atoms with Gasteiger partial charge < -0.3 is 14.2 Å². The van der Waals surface area contributed by atoms with Gasteiger partial charge in [0.15, 0.2) is 10.4 Å². The molecule has 0 radical (unpaired) electrons. The van der Waals surface area contributed by atoms with Crippen molar-refractivity contribution >= 4 is 27.7 Å². The van der Waals surface area contributed by atoms with Crippen molar-refractivity contribution < 1.29 is 14.0 Å². The first kappa shape index (κ1) is 19.5. The van der Waals surface area contributed by atoms with E-state index in [1.165, 1.54) is 0 Å². The molecule has 148 valence electrons. The molecule has 6 heteroatoms. The lowest BCUT2D eigenvalue weighted by molar-refractivity contribution is -0.133. The first-order valence-corrected chi connectivity index (χ1v) is 10.4. The van der Waals surface area contributed by atoms with E-state index in [1.54, 1.807) is 17.0 Å². The fourth-order valence-electron chi connectivity index (χ4n) is 3.67. The Morgan fingerprint density at radius 2 is 1.28 bits per heavy atom. The Morgan fingerprint density at radius 3 is 1.76 bits per heavy atom. The van der Waals surface area contributed by atoms with E-state index in [9.17, 15) is 9.59 Å². The summed E-state index contributed by atoms with van der Waals surface area (Å²) in [7, 11) is 0. The first-order chi connectivity index (χ1) is 14.1. The molecule has 1 saturated heterocycles. The molecular formula is C23H21BrN2O3. The van der Waals surface area contributed by atoms with Gasteiger partial charge in [0.25, 0.3) is 5.91 Å². The number of halogens is 1. The number of hydrogen-bond acceptors (Lipinski definition) is 3. The van der Waals surface area contributed by atoms with Gasteiger partial charge in [0, 0.05) is 26.2 Å². The third kappa shape index (κ3) is 4.27. The maximum absolute atomic E-state index is 13.4. The molecule has 1 aliphatic rings. The zero-order chi connectivity index (χ0) is 20.2. The van der Waals surface area contributed by atoms with E-state index < -0.39 is 0 Å². The van der Waals surface area contributed by atoms with Crippen LogP contribution in [0.4, 0.5) is 0 Å². The third-order valence-corrected chi connectivity index (χ3v) is 5.60. The predicted molar refractivity (Wildman–Crippen MR) is 114 cm³/mol. The van der Waals surface area contributed by atoms with Crippen LogP contribution in [-0.2, 0) is 4.79 Å². The molecule has 0 bridgehead atoms. The molecule has 0 aliphatic carbocycles. The summed E-state index contributed by atoms with van der Waals surface area (Å²) in [5.74, 6) is -0.121. The molecule has 2 amide bonds. The smallest absolute Gasteiger partial charge is 0.289 e. The van der Waals surface area contributed by atoms with E-state index >= 15 is 0 Å². The van der Waals surface area contributed by atoms with Crippen molar-refractivity contribution in [3.05, 3.63) is 94.4 Å². The van der Waals surface area contributed by atoms with Crippen LogP contribution in [0, 0.1) is 0 Å². The Kier molecular flexibility index (Phi) is 5.81. The van der Waals surface area contributed by atoms with Crippen molar-refractivity contribution in [2.45, 2.75) is 5.92 Å². The van der Waals surface area contributed by atoms with Gasteiger partial charge in [-0.05, 0) is 39.2 Å². The van der Waals surface area contributed by atoms with Crippen LogP contribution in [0.2, 0.25) is 0 Å². The Bertz CT molecular complexity index is 940. The van der Waals surface area contributed by atoms with Gasteiger partial charge in [0.1, 0.15) is 0 Å². The van der Waals surface area contributed by atoms with Gasteiger partial charge >= 0.3 is 0 Å². The summed E-state index contributed by atoms with van der Waals surface area (Å²) in [4.78, 5) is 29.6. The normalized spacial score (nSPS) is 14.3. The predicted octanol–water partition coefficient (Wildman–Crippen LogP) is 4.16. The number of carbonyl (C=O) groups is 2. The maximum Gasteiger partial charge on any atom is 0.289 e. The van der Waals surface area contributed by atoms with Crippen LogP contribution in [0.25, 0.3) is 0 Å². The average molecular weight is 453 g/mol. The summed E-state index contributed by atoms with van der Waals surface area (Å²) in [6, 6.07) is 23.0. The van der Waals surface area contributed by atoms with E-state index in [2.05, 4.69) is 15.9 Å². The highest BCUT2D eigenvalue weighted by Gasteiger charge is 2.31. The molecule has 0 atom stereocenters. The van der Waals surface area contributed by atoms with Crippen LogP contribution in [0.1, 0.15) is 27.6 Å². The molecule has 5 nitrogen and oxygen atoms in total. The van der Waals surface area contributed by atoms with E-state index in [4.69, 9.17) is 4.42 Å². The minimum atomic E-state index is -0.347. The molecule has 1 fully saturated rings. The third-order valence-electron chi connectivity index (χ3n) is 5.18. The van der Waals surface area contributed by atoms with E-state index in [1.807, 2.05) is 65.6 Å². The summed E-state index contributed by atoms with van der Waals surface area (Å²) in [5, 5.41) is 0. The Morgan fingerprint density at radius 1 is 0.759 bits per heavy atom. The Balaban J connectivity index is 1.49. The van der Waals surface area contributed by atoms with Crippen LogP contribution < -0.4 is 0 Å². The Labute approximate surface area is 178 Å². The number of furan rings is 1. The van der Waals surface area contributed by atoms with Gasteiger partial charge in [-0.15, -0.1) is 0 Å². The second kappa shape index (κ2) is 8.66. The van der Waals surface area contributed by atoms with Crippen LogP contribution in [-0.4, -0.2) is 47.8 Å². The molecule has 2 heterocycles. The van der Waals surface area contributed by atoms with Crippen molar-refractivity contribution in [1.82, 2.24) is 9.80 Å². The van der Waals surface area contributed by atoms with Crippen LogP contribution in [0.15, 0.2) is 81.9 Å². The fourth-order valence-corrected chi connectivity index (χ4v) is 3.97. The van der Waals surface area contributed by atoms with E-state index in [-0.39, 0.29) is 17.7 Å². The number of piperazine rings is 1. The molecule has 3 aromatic rings. The van der Waals surface area contributed by atoms with Crippen LogP contribution >= 0.6 is 15.9 Å². The zero-order valence-corrected chi connectivity index (χ0v) is 17.4. The van der Waals surface area contributed by atoms with Crippen molar-refractivity contribution in [3.8, 4) is 0 Å². The van der Waals surface area contributed by atoms with Gasteiger partial charge in [-0.3, -0.25) is 9.59 Å². The zero-order valence-electron chi connectivity index (χ0n) is 15.8. The summed E-state index contributed by atoms with van der Waals surface area (Å²) in [6.45, 7) is 1.98. The van der Waals surface area contributed by atoms with Gasteiger partial charge in [0.05, 0.1) is 5.92 Å². The van der Waals surface area contributed by atoms with E-state index in [0.717, 1.165) is 11.1 Å². The number of benzene rings is 2. The molecule has 0 unspecified atom stereocenters. The van der Waals surface area contributed by atoms with Crippen molar-refractivity contribution in [1.29, 1.82) is 0 Å². The lowest BCUT2D eigenvalue weighted by Gasteiger charge is -2.36. The number of amides is 2. The molecule has 0 saturated carbocycles. The van der Waals surface area contributed by atoms with Crippen molar-refractivity contribution in [2.24, 2.45) is 0 Å². The summed E-state index contributed by atoms with van der Waals surface area (Å²) in [5.41, 5.74) is 1.95. The molecule has 4 rings (SSSR count). The highest BCUT2D eigenvalue weighted by molar-refractivity contribution is 9.10. The summed E-state index contributed by atoms with van der Waals surface area (Å²) < 4.78 is 5.90. The average Bonchev–Trinajstić information content (AvgIpc) is 3.21. The quantitative estimate of drug-likeness (QED) is 0.596. The molecular weight excluding hydrogens is 432 g/mol. The van der Waals surface area contributed by atoms with Crippen LogP contribution in [0.3, 0.4) is 0 Å². The van der Waals surface area contributed by atoms with Gasteiger partial charge in [-0.1, -0.05) is 60.7 Å². The molecule has 1 aliphatic heterocycles. The minimum absolute atomic E-state index is 0.0650. The molecule has 0 spiro atoms. The molecule has 1 aromatic heterocycles. The number of carbonyl (C=O) groups excluding carboxylic acids is 2. The second-order valence-electron chi connectivity index (χ2n) is 6.98. The van der Waals surface area contributed by atoms with Gasteiger partial charge in [-0.2, -0.15) is 0 Å². The minimum Gasteiger partial charge on any atom is -0.444 e. The van der Waals surface area contributed by atoms with Crippen molar-refractivity contribution in [3.63, 3.8) is 0 Å². The van der Waals surface area contributed by atoms with Gasteiger partial charge in [0.2, 0.25) is 5.91 Å². The first-order valence-electron chi connectivity index (χ1n) is 9.57. The summed E-state index contributed by atoms with van der Waals surface area (Å²) >= 11 is 3.22. The maximum atomic E-state index is 13.4. The number of hydrogen-bond donors (Lipinski definition) is 0. The van der Waals surface area contributed by atoms with Crippen molar-refractivity contribution in [2.75, 3.05) is 26.2 Å². The number of rotatable bonds is 4. The molecule has 0 N–H and O–H groups in total. The van der Waals surface area contributed by atoms with Gasteiger partial charge in [-0.25, -0.2) is 0 Å². The monoisotopic (exact) mass is 452 g/mol. The topological polar surface area (TPSA) is 53.8 Å². The second-order valence-corrected chi connectivity index (χ2v) is 7.76. The fraction of sp³-hybridized carbons (Fsp3) is 0.217. The summed E-state index contributed by atoms with van der Waals surface area (Å²) in [6.07, 6.45) is 0. The number of nitrogens with zero attached hydrogens (tertiary/aromatic N) is 2. The largest absolute Gasteiger partial charge is 0.444 e. The Hall–Kier alpha value is -2.86. The standard InChI is InChI=1S/C23H21BrN2O3/c24-20-12-11-19(29-20)22(27)25-13-15-26(16-14-25)23(28)21(17-7-3-1-4-8-17)18-9-5-2-6-10-18/h1-12,21H,13-16H2. The highest BCUT2D eigenvalue weighted by Crippen LogP contribution is 2.27. The molecule has 29 heavy (non-hydrogen) atoms.